The van der Waals surface area contributed by atoms with E-state index in [0.29, 0.717) is 12.2 Å². The molecule has 22 heavy (non-hydrogen) atoms. The minimum absolute atomic E-state index is 0.224. The summed E-state index contributed by atoms with van der Waals surface area (Å²) >= 11 is 0. The van der Waals surface area contributed by atoms with Gasteiger partial charge in [-0.1, -0.05) is 36.4 Å². The molecule has 0 aliphatic heterocycles. The predicted octanol–water partition coefficient (Wildman–Crippen LogP) is 3.24. The number of aromatic amines is 1. The molecule has 0 aliphatic rings. The van der Waals surface area contributed by atoms with Gasteiger partial charge in [-0.15, -0.1) is 0 Å². The fourth-order valence-corrected chi connectivity index (χ4v) is 2.51. The Balaban J connectivity index is 1.54. The number of hydrogen-bond acceptors (Lipinski definition) is 3. The Kier molecular flexibility index (Phi) is 2.89. The van der Waals surface area contributed by atoms with E-state index in [-0.39, 0.29) is 5.91 Å². The summed E-state index contributed by atoms with van der Waals surface area (Å²) < 4.78 is 5.68. The van der Waals surface area contributed by atoms with Gasteiger partial charge in [0.2, 0.25) is 0 Å². The van der Waals surface area contributed by atoms with Gasteiger partial charge in [0.15, 0.2) is 5.69 Å². The summed E-state index contributed by atoms with van der Waals surface area (Å²) in [7, 11) is 0. The van der Waals surface area contributed by atoms with Crippen molar-refractivity contribution in [1.29, 1.82) is 0 Å². The van der Waals surface area contributed by atoms with Crippen LogP contribution >= 0.6 is 0 Å². The SMILES string of the molecule is O=C(NCc1cc2ccccc2o1)c1n[nH]c2ccccc12. The van der Waals surface area contributed by atoms with Crippen molar-refractivity contribution in [2.45, 2.75) is 6.54 Å². The average Bonchev–Trinajstić information content (AvgIpc) is 3.16. The molecule has 0 aliphatic carbocycles. The molecule has 5 heteroatoms. The van der Waals surface area contributed by atoms with E-state index in [9.17, 15) is 4.79 Å². The van der Waals surface area contributed by atoms with Crippen LogP contribution in [0.3, 0.4) is 0 Å². The lowest BCUT2D eigenvalue weighted by atomic mass is 10.2. The summed E-state index contributed by atoms with van der Waals surface area (Å²) in [6, 6.07) is 17.2. The smallest absolute Gasteiger partial charge is 0.272 e. The molecule has 0 unspecified atom stereocenters. The lowest BCUT2D eigenvalue weighted by molar-refractivity contribution is 0.0945. The maximum Gasteiger partial charge on any atom is 0.272 e. The number of hydrogen-bond donors (Lipinski definition) is 2. The second kappa shape index (κ2) is 5.04. The molecule has 2 aromatic heterocycles. The van der Waals surface area contributed by atoms with Crippen molar-refractivity contribution in [3.8, 4) is 0 Å². The van der Waals surface area contributed by atoms with Crippen LogP contribution in [-0.2, 0) is 6.54 Å². The Morgan fingerprint density at radius 2 is 1.95 bits per heavy atom. The van der Waals surface area contributed by atoms with E-state index in [1.807, 2.05) is 54.6 Å². The second-order valence-electron chi connectivity index (χ2n) is 5.05. The summed E-state index contributed by atoms with van der Waals surface area (Å²) in [6.07, 6.45) is 0. The van der Waals surface area contributed by atoms with Crippen molar-refractivity contribution in [2.75, 3.05) is 0 Å². The molecule has 2 aromatic carbocycles. The number of para-hydroxylation sites is 2. The van der Waals surface area contributed by atoms with Gasteiger partial charge in [0.05, 0.1) is 12.1 Å². The highest BCUT2D eigenvalue weighted by Crippen LogP contribution is 2.19. The number of fused-ring (bicyclic) bond motifs is 2. The number of amides is 1. The topological polar surface area (TPSA) is 70.9 Å². The number of aromatic nitrogens is 2. The molecule has 4 aromatic rings. The number of benzene rings is 2. The monoisotopic (exact) mass is 291 g/mol. The minimum Gasteiger partial charge on any atom is -0.459 e. The number of carbonyl (C=O) groups excluding carboxylic acids is 1. The van der Waals surface area contributed by atoms with Crippen LogP contribution in [-0.4, -0.2) is 16.1 Å². The van der Waals surface area contributed by atoms with Crippen molar-refractivity contribution in [2.24, 2.45) is 0 Å². The highest BCUT2D eigenvalue weighted by Gasteiger charge is 2.14. The highest BCUT2D eigenvalue weighted by molar-refractivity contribution is 6.04. The fourth-order valence-electron chi connectivity index (χ4n) is 2.51. The maximum atomic E-state index is 12.3. The van der Waals surface area contributed by atoms with Gasteiger partial charge in [-0.2, -0.15) is 5.10 Å². The van der Waals surface area contributed by atoms with Gasteiger partial charge in [-0.3, -0.25) is 9.89 Å². The third-order valence-electron chi connectivity index (χ3n) is 3.59. The zero-order valence-corrected chi connectivity index (χ0v) is 11.7. The van der Waals surface area contributed by atoms with E-state index in [4.69, 9.17) is 4.42 Å². The molecule has 108 valence electrons. The predicted molar refractivity (Wildman–Crippen MR) is 83.5 cm³/mol. The highest BCUT2D eigenvalue weighted by atomic mass is 16.3. The number of H-pyrrole nitrogens is 1. The minimum atomic E-state index is -0.224. The Bertz CT molecular complexity index is 935. The number of nitrogens with one attached hydrogen (secondary N) is 2. The molecule has 0 saturated heterocycles. The van der Waals surface area contributed by atoms with Gasteiger partial charge in [0.25, 0.3) is 5.91 Å². The van der Waals surface area contributed by atoms with Gasteiger partial charge in [0.1, 0.15) is 11.3 Å². The van der Waals surface area contributed by atoms with Crippen LogP contribution in [0, 0.1) is 0 Å². The normalized spacial score (nSPS) is 11.1. The Hall–Kier alpha value is -3.08. The van der Waals surface area contributed by atoms with Gasteiger partial charge in [-0.25, -0.2) is 0 Å². The van der Waals surface area contributed by atoms with Crippen LogP contribution in [0.4, 0.5) is 0 Å². The largest absolute Gasteiger partial charge is 0.459 e. The van der Waals surface area contributed by atoms with Gasteiger partial charge >= 0.3 is 0 Å². The summed E-state index contributed by atoms with van der Waals surface area (Å²) in [5.41, 5.74) is 2.06. The van der Waals surface area contributed by atoms with Gasteiger partial charge < -0.3 is 9.73 Å². The molecule has 0 spiro atoms. The molecule has 0 radical (unpaired) electrons. The van der Waals surface area contributed by atoms with Crippen molar-refractivity contribution >= 4 is 27.8 Å². The lowest BCUT2D eigenvalue weighted by Gasteiger charge is -2.00. The zero-order valence-electron chi connectivity index (χ0n) is 11.7. The molecule has 5 nitrogen and oxygen atoms in total. The van der Waals surface area contributed by atoms with Crippen LogP contribution in [0.25, 0.3) is 21.9 Å². The first-order chi connectivity index (χ1) is 10.8. The van der Waals surface area contributed by atoms with Crippen molar-refractivity contribution < 1.29 is 9.21 Å². The molecular weight excluding hydrogens is 278 g/mol. The Labute approximate surface area is 125 Å². The van der Waals surface area contributed by atoms with Crippen molar-refractivity contribution in [1.82, 2.24) is 15.5 Å². The molecular formula is C17H13N3O2. The second-order valence-corrected chi connectivity index (χ2v) is 5.05. The van der Waals surface area contributed by atoms with Crippen molar-refractivity contribution in [3.63, 3.8) is 0 Å². The Morgan fingerprint density at radius 1 is 1.14 bits per heavy atom. The van der Waals surface area contributed by atoms with E-state index >= 15 is 0 Å². The number of carbonyl (C=O) groups is 1. The quantitative estimate of drug-likeness (QED) is 0.608. The standard InChI is InChI=1S/C17H13N3O2/c21-17(16-13-6-2-3-7-14(13)19-20-16)18-10-12-9-11-5-1-4-8-15(11)22-12/h1-9H,10H2,(H,18,21)(H,19,20). The molecule has 0 saturated carbocycles. The third kappa shape index (κ3) is 2.13. The number of nitrogens with zero attached hydrogens (tertiary/aromatic N) is 1. The van der Waals surface area contributed by atoms with Crippen LogP contribution in [0.1, 0.15) is 16.2 Å². The summed E-state index contributed by atoms with van der Waals surface area (Å²) in [5, 5.41) is 11.6. The molecule has 2 N–H and O–H groups in total. The van der Waals surface area contributed by atoms with Crippen LogP contribution in [0.2, 0.25) is 0 Å². The van der Waals surface area contributed by atoms with Crippen LogP contribution in [0.5, 0.6) is 0 Å². The van der Waals surface area contributed by atoms with Gasteiger partial charge in [-0.05, 0) is 18.2 Å². The molecule has 4 rings (SSSR count). The first kappa shape index (κ1) is 12.6. The van der Waals surface area contributed by atoms with E-state index in [1.54, 1.807) is 0 Å². The fraction of sp³-hybridized carbons (Fsp3) is 0.0588. The number of furan rings is 1. The molecule has 1 amide bonds. The summed E-state index contributed by atoms with van der Waals surface area (Å²) in [5.74, 6) is 0.493. The van der Waals surface area contributed by atoms with E-state index in [0.717, 1.165) is 27.6 Å². The summed E-state index contributed by atoms with van der Waals surface area (Å²) in [4.78, 5) is 12.3. The average molecular weight is 291 g/mol. The van der Waals surface area contributed by atoms with Gasteiger partial charge in [0, 0.05) is 10.8 Å². The molecule has 0 bridgehead atoms. The lowest BCUT2D eigenvalue weighted by Crippen LogP contribution is -2.23. The van der Waals surface area contributed by atoms with Crippen LogP contribution in [0.15, 0.2) is 59.0 Å². The first-order valence-corrected chi connectivity index (χ1v) is 7.00. The van der Waals surface area contributed by atoms with E-state index in [2.05, 4.69) is 15.5 Å². The molecule has 0 atom stereocenters. The Morgan fingerprint density at radius 3 is 2.86 bits per heavy atom. The van der Waals surface area contributed by atoms with E-state index in [1.165, 1.54) is 0 Å². The van der Waals surface area contributed by atoms with Crippen molar-refractivity contribution in [3.05, 3.63) is 66.1 Å². The molecule has 2 heterocycles. The van der Waals surface area contributed by atoms with Crippen LogP contribution < -0.4 is 5.32 Å². The third-order valence-corrected chi connectivity index (χ3v) is 3.59. The number of rotatable bonds is 3. The maximum absolute atomic E-state index is 12.3. The zero-order chi connectivity index (χ0) is 14.9. The molecule has 0 fully saturated rings. The summed E-state index contributed by atoms with van der Waals surface area (Å²) in [6.45, 7) is 0.328. The first-order valence-electron chi connectivity index (χ1n) is 7.00. The van der Waals surface area contributed by atoms with E-state index < -0.39 is 0 Å².